The van der Waals surface area contributed by atoms with E-state index >= 15 is 0 Å². The van der Waals surface area contributed by atoms with Crippen LogP contribution in [0.4, 0.5) is 5.82 Å². The molecule has 1 saturated heterocycles. The van der Waals surface area contributed by atoms with Crippen molar-refractivity contribution in [2.45, 2.75) is 37.1 Å². The summed E-state index contributed by atoms with van der Waals surface area (Å²) in [7, 11) is 0. The zero-order valence-corrected chi connectivity index (χ0v) is 13.0. The zero-order chi connectivity index (χ0) is 13.9. The largest absolute Gasteiger partial charge is 0.356 e. The van der Waals surface area contributed by atoms with Gasteiger partial charge in [-0.3, -0.25) is 4.79 Å². The number of nitrogens with one attached hydrogen (secondary N) is 1. The lowest BCUT2D eigenvalue weighted by molar-refractivity contribution is -0.123. The van der Waals surface area contributed by atoms with Gasteiger partial charge in [-0.2, -0.15) is 0 Å². The summed E-state index contributed by atoms with van der Waals surface area (Å²) >= 11 is 3.39. The fourth-order valence-electron chi connectivity index (χ4n) is 2.15. The van der Waals surface area contributed by atoms with Gasteiger partial charge in [-0.25, -0.2) is 4.98 Å². The van der Waals surface area contributed by atoms with Gasteiger partial charge < -0.3 is 10.2 Å². The van der Waals surface area contributed by atoms with Gasteiger partial charge in [0.2, 0.25) is 5.91 Å². The van der Waals surface area contributed by atoms with Crippen molar-refractivity contribution in [3.8, 4) is 0 Å². The molecule has 0 aromatic carbocycles. The smallest absolute Gasteiger partial charge is 0.236 e. The summed E-state index contributed by atoms with van der Waals surface area (Å²) in [6.07, 6.45) is 3.74. The Hall–Kier alpha value is -1.10. The summed E-state index contributed by atoms with van der Waals surface area (Å²) in [6.45, 7) is 5.60. The van der Waals surface area contributed by atoms with Crippen molar-refractivity contribution < 1.29 is 4.79 Å². The lowest BCUT2D eigenvalue weighted by Gasteiger charge is -2.34. The normalized spacial score (nSPS) is 17.3. The highest BCUT2D eigenvalue weighted by atomic mass is 79.9. The molecule has 0 bridgehead atoms. The minimum atomic E-state index is -0.495. The SMILES string of the molecule is CC(C)(Br)C(=O)NC1CCN(c2ccccn2)CC1. The number of hydrogen-bond donors (Lipinski definition) is 1. The standard InChI is InChI=1S/C14H20BrN3O/c1-14(2,15)13(19)17-11-6-9-18(10-7-11)12-5-3-4-8-16-12/h3-5,8,11H,6-7,9-10H2,1-2H3,(H,17,19). The van der Waals surface area contributed by atoms with Crippen LogP contribution in [0.3, 0.4) is 0 Å². The molecule has 1 aromatic heterocycles. The van der Waals surface area contributed by atoms with Crippen molar-refractivity contribution in [3.05, 3.63) is 24.4 Å². The van der Waals surface area contributed by atoms with Gasteiger partial charge in [0, 0.05) is 25.3 Å². The van der Waals surface area contributed by atoms with Crippen LogP contribution in [0.1, 0.15) is 26.7 Å². The number of amides is 1. The minimum Gasteiger partial charge on any atom is -0.356 e. The number of halogens is 1. The highest BCUT2D eigenvalue weighted by Crippen LogP contribution is 2.20. The summed E-state index contributed by atoms with van der Waals surface area (Å²) in [4.78, 5) is 18.5. The zero-order valence-electron chi connectivity index (χ0n) is 11.4. The summed E-state index contributed by atoms with van der Waals surface area (Å²) in [6, 6.07) is 6.22. The number of nitrogens with zero attached hydrogens (tertiary/aromatic N) is 2. The van der Waals surface area contributed by atoms with Crippen LogP contribution in [0.15, 0.2) is 24.4 Å². The Morgan fingerprint density at radius 1 is 1.42 bits per heavy atom. The van der Waals surface area contributed by atoms with Crippen LogP contribution >= 0.6 is 15.9 Å². The van der Waals surface area contributed by atoms with E-state index in [0.717, 1.165) is 31.7 Å². The van der Waals surface area contributed by atoms with Crippen LogP contribution in [-0.2, 0) is 4.79 Å². The van der Waals surface area contributed by atoms with E-state index in [-0.39, 0.29) is 11.9 Å². The Labute approximate surface area is 122 Å². The van der Waals surface area contributed by atoms with Crippen molar-refractivity contribution in [3.63, 3.8) is 0 Å². The van der Waals surface area contributed by atoms with Crippen LogP contribution in [0, 0.1) is 0 Å². The predicted octanol–water partition coefficient (Wildman–Crippen LogP) is 2.34. The Balaban J connectivity index is 1.85. The molecule has 4 nitrogen and oxygen atoms in total. The van der Waals surface area contributed by atoms with E-state index < -0.39 is 4.32 Å². The number of rotatable bonds is 3. The molecule has 0 unspecified atom stereocenters. The second kappa shape index (κ2) is 5.90. The number of pyridine rings is 1. The van der Waals surface area contributed by atoms with E-state index in [2.05, 4.69) is 31.1 Å². The molecule has 0 aliphatic carbocycles. The molecule has 0 radical (unpaired) electrons. The van der Waals surface area contributed by atoms with E-state index in [9.17, 15) is 4.79 Å². The maximum atomic E-state index is 11.9. The van der Waals surface area contributed by atoms with Crippen LogP contribution in [0.25, 0.3) is 0 Å². The molecule has 0 saturated carbocycles. The van der Waals surface area contributed by atoms with Crippen LogP contribution in [-0.4, -0.2) is 34.3 Å². The molecule has 1 aliphatic heterocycles. The Bertz CT molecular complexity index is 422. The first-order chi connectivity index (χ1) is 8.97. The Kier molecular flexibility index (Phi) is 4.45. The molecule has 104 valence electrons. The average Bonchev–Trinajstić information content (AvgIpc) is 2.39. The van der Waals surface area contributed by atoms with Gasteiger partial charge in [0.1, 0.15) is 5.82 Å². The molecule has 2 heterocycles. The van der Waals surface area contributed by atoms with Gasteiger partial charge >= 0.3 is 0 Å². The number of carbonyl (C=O) groups excluding carboxylic acids is 1. The third kappa shape index (κ3) is 3.93. The molecule has 1 amide bonds. The molecule has 1 fully saturated rings. The number of alkyl halides is 1. The number of aromatic nitrogens is 1. The predicted molar refractivity (Wildman–Crippen MR) is 80.6 cm³/mol. The maximum Gasteiger partial charge on any atom is 0.236 e. The van der Waals surface area contributed by atoms with Gasteiger partial charge in [0.05, 0.1) is 4.32 Å². The highest BCUT2D eigenvalue weighted by Gasteiger charge is 2.28. The summed E-state index contributed by atoms with van der Waals surface area (Å²) < 4.78 is -0.495. The van der Waals surface area contributed by atoms with Crippen molar-refractivity contribution in [1.29, 1.82) is 0 Å². The van der Waals surface area contributed by atoms with Gasteiger partial charge in [-0.15, -0.1) is 0 Å². The lowest BCUT2D eigenvalue weighted by Crippen LogP contribution is -2.48. The number of hydrogen-bond acceptors (Lipinski definition) is 3. The van der Waals surface area contributed by atoms with Crippen molar-refractivity contribution in [2.24, 2.45) is 0 Å². The van der Waals surface area contributed by atoms with E-state index in [0.29, 0.717) is 0 Å². The maximum absolute atomic E-state index is 11.9. The molecule has 0 spiro atoms. The molecule has 5 heteroatoms. The summed E-state index contributed by atoms with van der Waals surface area (Å²) in [5, 5.41) is 3.10. The first-order valence-electron chi connectivity index (χ1n) is 6.62. The molecular weight excluding hydrogens is 306 g/mol. The van der Waals surface area contributed by atoms with E-state index in [4.69, 9.17) is 0 Å². The van der Waals surface area contributed by atoms with Crippen LogP contribution in [0.2, 0.25) is 0 Å². The fraction of sp³-hybridized carbons (Fsp3) is 0.571. The van der Waals surface area contributed by atoms with Gasteiger partial charge in [-0.1, -0.05) is 22.0 Å². The monoisotopic (exact) mass is 325 g/mol. The first kappa shape index (κ1) is 14.3. The molecule has 2 rings (SSSR count). The fourth-order valence-corrected chi connectivity index (χ4v) is 2.27. The second-order valence-corrected chi connectivity index (χ2v) is 7.38. The van der Waals surface area contributed by atoms with Crippen molar-refractivity contribution in [2.75, 3.05) is 18.0 Å². The molecule has 1 N–H and O–H groups in total. The molecule has 1 aliphatic rings. The summed E-state index contributed by atoms with van der Waals surface area (Å²) in [5.74, 6) is 1.08. The third-order valence-corrected chi connectivity index (χ3v) is 3.70. The first-order valence-corrected chi connectivity index (χ1v) is 7.42. The van der Waals surface area contributed by atoms with Crippen LogP contribution < -0.4 is 10.2 Å². The number of carbonyl (C=O) groups is 1. The van der Waals surface area contributed by atoms with E-state index in [1.165, 1.54) is 0 Å². The van der Waals surface area contributed by atoms with Gasteiger partial charge in [-0.05, 0) is 38.8 Å². The third-order valence-electron chi connectivity index (χ3n) is 3.34. The van der Waals surface area contributed by atoms with Gasteiger partial charge in [0.15, 0.2) is 0 Å². The number of piperidine rings is 1. The number of anilines is 1. The minimum absolute atomic E-state index is 0.0591. The molecular formula is C14H20BrN3O. The van der Waals surface area contributed by atoms with Crippen LogP contribution in [0.5, 0.6) is 0 Å². The quantitative estimate of drug-likeness (QED) is 0.867. The Morgan fingerprint density at radius 3 is 2.63 bits per heavy atom. The van der Waals surface area contributed by atoms with Crippen molar-refractivity contribution in [1.82, 2.24) is 10.3 Å². The molecule has 1 aromatic rings. The van der Waals surface area contributed by atoms with Crippen molar-refractivity contribution >= 4 is 27.7 Å². The second-order valence-electron chi connectivity index (χ2n) is 5.40. The Morgan fingerprint density at radius 2 is 2.11 bits per heavy atom. The average molecular weight is 326 g/mol. The summed E-state index contributed by atoms with van der Waals surface area (Å²) in [5.41, 5.74) is 0. The molecule has 0 atom stereocenters. The topological polar surface area (TPSA) is 45.2 Å². The lowest BCUT2D eigenvalue weighted by atomic mass is 10.0. The van der Waals surface area contributed by atoms with Gasteiger partial charge in [0.25, 0.3) is 0 Å². The van der Waals surface area contributed by atoms with E-state index in [1.54, 1.807) is 0 Å². The highest BCUT2D eigenvalue weighted by molar-refractivity contribution is 9.10. The molecule has 19 heavy (non-hydrogen) atoms. The van der Waals surface area contributed by atoms with E-state index in [1.807, 2.05) is 38.2 Å².